The number of quaternary nitrogens is 1. The molecule has 1 aromatic rings. The highest BCUT2D eigenvalue weighted by atomic mass is 16.5. The minimum absolute atomic E-state index is 0.00796. The second kappa shape index (κ2) is 11.1. The van der Waals surface area contributed by atoms with Crippen LogP contribution in [0.5, 0.6) is 5.75 Å². The Morgan fingerprint density at radius 3 is 2.68 bits per heavy atom. The van der Waals surface area contributed by atoms with Crippen LogP contribution in [0.15, 0.2) is 24.3 Å². The Morgan fingerprint density at radius 1 is 1.25 bits per heavy atom. The van der Waals surface area contributed by atoms with Crippen molar-refractivity contribution >= 4 is 11.8 Å². The highest BCUT2D eigenvalue weighted by Gasteiger charge is 2.26. The van der Waals surface area contributed by atoms with E-state index in [0.717, 1.165) is 13.0 Å². The molecule has 28 heavy (non-hydrogen) atoms. The monoisotopic (exact) mass is 390 g/mol. The number of benzene rings is 1. The number of hydrogen-bond acceptors (Lipinski definition) is 3. The van der Waals surface area contributed by atoms with E-state index in [2.05, 4.69) is 17.6 Å². The first-order valence-electron chi connectivity index (χ1n) is 10.5. The molecule has 156 valence electrons. The molecule has 0 bridgehead atoms. The maximum atomic E-state index is 12.7. The second-order valence-electron chi connectivity index (χ2n) is 8.10. The van der Waals surface area contributed by atoms with Gasteiger partial charge < -0.3 is 20.3 Å². The first-order chi connectivity index (χ1) is 13.4. The summed E-state index contributed by atoms with van der Waals surface area (Å²) in [6.07, 6.45) is 4.89. The summed E-state index contributed by atoms with van der Waals surface area (Å²) >= 11 is 0. The van der Waals surface area contributed by atoms with Gasteiger partial charge in [-0.25, -0.2) is 0 Å². The van der Waals surface area contributed by atoms with Gasteiger partial charge in [0.1, 0.15) is 11.8 Å². The molecule has 3 N–H and O–H groups in total. The van der Waals surface area contributed by atoms with Crippen LogP contribution in [0.4, 0.5) is 0 Å². The van der Waals surface area contributed by atoms with Crippen molar-refractivity contribution in [3.63, 3.8) is 0 Å². The van der Waals surface area contributed by atoms with Gasteiger partial charge in [-0.05, 0) is 44.2 Å². The van der Waals surface area contributed by atoms with Crippen molar-refractivity contribution in [2.24, 2.45) is 5.92 Å². The molecule has 1 saturated heterocycles. The standard InChI is InChI=1S/C22H35N3O3/c1-16(2)20(24-21(26)18-11-5-6-12-19(18)28-4)22(27)23-13-9-15-25-14-8-7-10-17(25)3/h5-6,11-12,16-17,20H,7-10,13-15H2,1-4H3,(H,23,27)(H,24,26)/p+1/t17-,20+/m1/s1. The van der Waals surface area contributed by atoms with Crippen molar-refractivity contribution in [1.29, 1.82) is 0 Å². The lowest BCUT2D eigenvalue weighted by molar-refractivity contribution is -0.928. The third-order valence-electron chi connectivity index (χ3n) is 5.64. The SMILES string of the molecule is COc1ccccc1C(=O)N[C@H](C(=O)NCCC[NH+]1CCCC[C@H]1C)C(C)C. The molecule has 0 radical (unpaired) electrons. The van der Waals surface area contributed by atoms with Crippen LogP contribution in [0.1, 0.15) is 56.8 Å². The summed E-state index contributed by atoms with van der Waals surface area (Å²) < 4.78 is 5.25. The fraction of sp³-hybridized carbons (Fsp3) is 0.636. The Balaban J connectivity index is 1.85. The van der Waals surface area contributed by atoms with E-state index in [-0.39, 0.29) is 17.7 Å². The van der Waals surface area contributed by atoms with E-state index in [0.29, 0.717) is 23.9 Å². The van der Waals surface area contributed by atoms with Gasteiger partial charge in [-0.2, -0.15) is 0 Å². The smallest absolute Gasteiger partial charge is 0.255 e. The quantitative estimate of drug-likeness (QED) is 0.559. The molecule has 0 aromatic heterocycles. The zero-order valence-corrected chi connectivity index (χ0v) is 17.7. The summed E-state index contributed by atoms with van der Waals surface area (Å²) in [5, 5.41) is 5.87. The van der Waals surface area contributed by atoms with Gasteiger partial charge in [-0.1, -0.05) is 26.0 Å². The molecule has 1 fully saturated rings. The van der Waals surface area contributed by atoms with Crippen molar-refractivity contribution < 1.29 is 19.2 Å². The van der Waals surface area contributed by atoms with Gasteiger partial charge in [-0.3, -0.25) is 9.59 Å². The molecule has 2 rings (SSSR count). The predicted octanol–water partition coefficient (Wildman–Crippen LogP) is 1.41. The number of carbonyl (C=O) groups is 2. The lowest BCUT2D eigenvalue weighted by atomic mass is 10.0. The zero-order chi connectivity index (χ0) is 20.5. The minimum Gasteiger partial charge on any atom is -0.496 e. The van der Waals surface area contributed by atoms with Crippen LogP contribution in [-0.2, 0) is 4.79 Å². The maximum absolute atomic E-state index is 12.7. The van der Waals surface area contributed by atoms with Crippen LogP contribution in [0.25, 0.3) is 0 Å². The highest BCUT2D eigenvalue weighted by Crippen LogP contribution is 2.17. The summed E-state index contributed by atoms with van der Waals surface area (Å²) in [5.41, 5.74) is 0.436. The molecule has 1 aliphatic heterocycles. The van der Waals surface area contributed by atoms with Gasteiger partial charge in [0.05, 0.1) is 31.8 Å². The Morgan fingerprint density at radius 2 is 2.00 bits per heavy atom. The van der Waals surface area contributed by atoms with Crippen LogP contribution in [0, 0.1) is 5.92 Å². The van der Waals surface area contributed by atoms with Crippen LogP contribution >= 0.6 is 0 Å². The highest BCUT2D eigenvalue weighted by molar-refractivity contribution is 5.99. The molecule has 0 aliphatic carbocycles. The fourth-order valence-electron chi connectivity index (χ4n) is 3.85. The molecule has 6 nitrogen and oxygen atoms in total. The van der Waals surface area contributed by atoms with Crippen LogP contribution in [-0.4, -0.2) is 50.6 Å². The number of para-hydroxylation sites is 1. The van der Waals surface area contributed by atoms with Gasteiger partial charge in [-0.15, -0.1) is 0 Å². The molecule has 0 spiro atoms. The number of carbonyl (C=O) groups excluding carboxylic acids is 2. The van der Waals surface area contributed by atoms with Crippen molar-refractivity contribution in [3.8, 4) is 5.75 Å². The summed E-state index contributed by atoms with van der Waals surface area (Å²) in [7, 11) is 1.53. The van der Waals surface area contributed by atoms with E-state index >= 15 is 0 Å². The van der Waals surface area contributed by atoms with Crippen molar-refractivity contribution in [3.05, 3.63) is 29.8 Å². The van der Waals surface area contributed by atoms with Crippen molar-refractivity contribution in [2.45, 2.75) is 58.5 Å². The fourth-order valence-corrected chi connectivity index (χ4v) is 3.85. The predicted molar refractivity (Wildman–Crippen MR) is 111 cm³/mol. The van der Waals surface area contributed by atoms with Crippen molar-refractivity contribution in [2.75, 3.05) is 26.7 Å². The largest absolute Gasteiger partial charge is 0.496 e. The average molecular weight is 391 g/mol. The molecule has 0 saturated carbocycles. The van der Waals surface area contributed by atoms with Gasteiger partial charge in [0.15, 0.2) is 0 Å². The number of hydrogen-bond donors (Lipinski definition) is 3. The molecule has 1 unspecified atom stereocenters. The summed E-state index contributed by atoms with van der Waals surface area (Å²) in [6, 6.07) is 7.18. The van der Waals surface area contributed by atoms with E-state index in [9.17, 15) is 9.59 Å². The summed E-state index contributed by atoms with van der Waals surface area (Å²) in [6.45, 7) is 9.15. The number of amides is 2. The number of piperidine rings is 1. The van der Waals surface area contributed by atoms with Crippen LogP contribution in [0.2, 0.25) is 0 Å². The first-order valence-corrected chi connectivity index (χ1v) is 10.5. The van der Waals surface area contributed by atoms with E-state index in [1.807, 2.05) is 19.9 Å². The lowest BCUT2D eigenvalue weighted by Crippen LogP contribution is -3.16. The lowest BCUT2D eigenvalue weighted by Gasteiger charge is -2.30. The Hall–Kier alpha value is -2.08. The number of ether oxygens (including phenoxy) is 1. The first kappa shape index (κ1) is 22.2. The number of nitrogens with one attached hydrogen (secondary N) is 3. The molecule has 2 amide bonds. The Kier molecular flexibility index (Phi) is 8.77. The van der Waals surface area contributed by atoms with Crippen LogP contribution < -0.4 is 20.3 Å². The third-order valence-corrected chi connectivity index (χ3v) is 5.64. The molecule has 1 aliphatic rings. The second-order valence-corrected chi connectivity index (χ2v) is 8.10. The third kappa shape index (κ3) is 6.23. The van der Waals surface area contributed by atoms with Gasteiger partial charge >= 0.3 is 0 Å². The number of likely N-dealkylation sites (tertiary alicyclic amines) is 1. The number of rotatable bonds is 9. The maximum Gasteiger partial charge on any atom is 0.255 e. The topological polar surface area (TPSA) is 71.9 Å². The van der Waals surface area contributed by atoms with Crippen molar-refractivity contribution in [1.82, 2.24) is 10.6 Å². The van der Waals surface area contributed by atoms with E-state index in [4.69, 9.17) is 4.74 Å². The van der Waals surface area contributed by atoms with Gasteiger partial charge in [0.25, 0.3) is 5.91 Å². The normalized spacial score (nSPS) is 20.5. The number of methoxy groups -OCH3 is 1. The average Bonchev–Trinajstić information content (AvgIpc) is 2.69. The van der Waals surface area contributed by atoms with Crippen LogP contribution in [0.3, 0.4) is 0 Å². The van der Waals surface area contributed by atoms with E-state index in [1.165, 1.54) is 32.9 Å². The van der Waals surface area contributed by atoms with Gasteiger partial charge in [0, 0.05) is 13.0 Å². The minimum atomic E-state index is -0.571. The zero-order valence-electron chi connectivity index (χ0n) is 17.7. The Labute approximate surface area is 169 Å². The molecule has 3 atom stereocenters. The van der Waals surface area contributed by atoms with E-state index < -0.39 is 6.04 Å². The molecular weight excluding hydrogens is 354 g/mol. The Bertz CT molecular complexity index is 648. The summed E-state index contributed by atoms with van der Waals surface area (Å²) in [4.78, 5) is 26.9. The van der Waals surface area contributed by atoms with Gasteiger partial charge in [0.2, 0.25) is 5.91 Å². The van der Waals surface area contributed by atoms with E-state index in [1.54, 1.807) is 23.1 Å². The molecule has 6 heteroatoms. The molecule has 1 aromatic carbocycles. The summed E-state index contributed by atoms with van der Waals surface area (Å²) in [5.74, 6) is 0.0748. The molecular formula is C22H36N3O3+. The molecule has 1 heterocycles.